The Bertz CT molecular complexity index is 1010. The average Bonchev–Trinajstić information content (AvgIpc) is 3.98. The molecule has 0 N–H and O–H groups in total. The van der Waals surface area contributed by atoms with E-state index in [2.05, 4.69) is 20.8 Å². The first-order valence-corrected chi connectivity index (χ1v) is 17.7. The molecule has 6 fully saturated rings. The molecule has 0 bridgehead atoms. The Labute approximate surface area is 278 Å². The van der Waals surface area contributed by atoms with Gasteiger partial charge >= 0.3 is 17.9 Å². The SMILES string of the molecule is CC(COCCOC(=O)C1CCC2(C)OC2C1)(COCCOC(=O)C1CCC2(C)OC2C1)COCCOC(=O)C1CCC2(C)OC2C1. The van der Waals surface area contributed by atoms with Gasteiger partial charge in [0.05, 0.1) is 92.5 Å². The summed E-state index contributed by atoms with van der Waals surface area (Å²) in [5.41, 5.74) is -0.648. The van der Waals surface area contributed by atoms with Crippen molar-refractivity contribution in [1.82, 2.24) is 0 Å². The van der Waals surface area contributed by atoms with Gasteiger partial charge in [0, 0.05) is 5.41 Å². The third kappa shape index (κ3) is 8.86. The van der Waals surface area contributed by atoms with Gasteiger partial charge in [-0.1, -0.05) is 6.92 Å². The van der Waals surface area contributed by atoms with Crippen molar-refractivity contribution in [1.29, 1.82) is 0 Å². The van der Waals surface area contributed by atoms with Crippen molar-refractivity contribution in [3.8, 4) is 0 Å². The topological polar surface area (TPSA) is 144 Å². The maximum Gasteiger partial charge on any atom is 0.309 e. The zero-order chi connectivity index (χ0) is 33.3. The largest absolute Gasteiger partial charge is 0.463 e. The number of rotatable bonds is 18. The number of esters is 3. The van der Waals surface area contributed by atoms with Crippen LogP contribution in [-0.2, 0) is 57.0 Å². The highest BCUT2D eigenvalue weighted by molar-refractivity contribution is 5.73. The molecule has 3 aliphatic heterocycles. The van der Waals surface area contributed by atoms with Crippen LogP contribution in [0.1, 0.15) is 85.5 Å². The molecule has 6 aliphatic rings. The van der Waals surface area contributed by atoms with Gasteiger partial charge < -0.3 is 42.6 Å². The van der Waals surface area contributed by atoms with Crippen LogP contribution in [0.25, 0.3) is 0 Å². The molecule has 3 heterocycles. The molecule has 47 heavy (non-hydrogen) atoms. The molecule has 12 heteroatoms. The van der Waals surface area contributed by atoms with Crippen LogP contribution in [0.2, 0.25) is 0 Å². The van der Waals surface area contributed by atoms with Gasteiger partial charge in [-0.15, -0.1) is 0 Å². The third-order valence-electron chi connectivity index (χ3n) is 11.3. The molecule has 0 radical (unpaired) electrons. The molecule has 9 unspecified atom stereocenters. The summed E-state index contributed by atoms with van der Waals surface area (Å²) in [5, 5.41) is 0. The van der Waals surface area contributed by atoms with Crippen molar-refractivity contribution in [3.05, 3.63) is 0 Å². The number of hydrogen-bond acceptors (Lipinski definition) is 12. The minimum Gasteiger partial charge on any atom is -0.463 e. The Balaban J connectivity index is 0.874. The summed E-state index contributed by atoms with van der Waals surface area (Å²) in [6, 6.07) is 0. The van der Waals surface area contributed by atoms with Crippen LogP contribution in [0.15, 0.2) is 0 Å². The Kier molecular flexibility index (Phi) is 10.6. The van der Waals surface area contributed by atoms with E-state index < -0.39 is 5.41 Å². The Morgan fingerprint density at radius 1 is 0.553 bits per heavy atom. The van der Waals surface area contributed by atoms with Gasteiger partial charge in [0.15, 0.2) is 0 Å². The highest BCUT2D eigenvalue weighted by Crippen LogP contribution is 2.51. The highest BCUT2D eigenvalue weighted by Gasteiger charge is 2.58. The van der Waals surface area contributed by atoms with Crippen LogP contribution >= 0.6 is 0 Å². The van der Waals surface area contributed by atoms with Crippen molar-refractivity contribution in [2.45, 2.75) is 121 Å². The highest BCUT2D eigenvalue weighted by atomic mass is 16.6. The summed E-state index contributed by atoms with van der Waals surface area (Å²) in [4.78, 5) is 37.6. The van der Waals surface area contributed by atoms with Crippen molar-refractivity contribution in [3.63, 3.8) is 0 Å². The van der Waals surface area contributed by atoms with Crippen LogP contribution in [0.4, 0.5) is 0 Å². The molecule has 0 amide bonds. The maximum atomic E-state index is 12.5. The number of carbonyl (C=O) groups excluding carboxylic acids is 3. The van der Waals surface area contributed by atoms with E-state index in [0.29, 0.717) is 19.8 Å². The molecule has 3 saturated heterocycles. The van der Waals surface area contributed by atoms with Gasteiger partial charge in [0.25, 0.3) is 0 Å². The fourth-order valence-electron chi connectivity index (χ4n) is 7.62. The molecular weight excluding hydrogens is 612 g/mol. The van der Waals surface area contributed by atoms with E-state index in [4.69, 9.17) is 42.6 Å². The fraction of sp³-hybridized carbons (Fsp3) is 0.914. The van der Waals surface area contributed by atoms with Crippen LogP contribution in [-0.4, -0.2) is 112 Å². The van der Waals surface area contributed by atoms with Crippen molar-refractivity contribution in [2.75, 3.05) is 59.5 Å². The molecule has 0 aromatic heterocycles. The van der Waals surface area contributed by atoms with Crippen molar-refractivity contribution in [2.24, 2.45) is 23.2 Å². The molecule has 12 nitrogen and oxygen atoms in total. The van der Waals surface area contributed by atoms with Crippen LogP contribution in [0, 0.1) is 23.2 Å². The van der Waals surface area contributed by atoms with Gasteiger partial charge in [-0.25, -0.2) is 0 Å². The van der Waals surface area contributed by atoms with Crippen LogP contribution in [0.3, 0.4) is 0 Å². The summed E-state index contributed by atoms with van der Waals surface area (Å²) >= 11 is 0. The second-order valence-corrected chi connectivity index (χ2v) is 15.6. The second kappa shape index (κ2) is 14.2. The van der Waals surface area contributed by atoms with E-state index in [1.165, 1.54) is 0 Å². The van der Waals surface area contributed by atoms with E-state index in [0.717, 1.165) is 57.8 Å². The Hall–Kier alpha value is -1.83. The number of hydrogen-bond donors (Lipinski definition) is 0. The standard InChI is InChI=1S/C35H54O12/c1-32(20-39-11-14-42-29(36)23-5-8-33(2)26(17-23)45-33,21-40-12-15-43-30(37)24-6-9-34(3)27(18-24)46-34)22-41-13-16-44-31(38)25-7-10-35(4)28(19-25)47-35/h23-28H,5-22H2,1-4H3. The Morgan fingerprint density at radius 3 is 1.13 bits per heavy atom. The average molecular weight is 667 g/mol. The molecule has 9 atom stereocenters. The fourth-order valence-corrected chi connectivity index (χ4v) is 7.62. The third-order valence-corrected chi connectivity index (χ3v) is 11.3. The van der Waals surface area contributed by atoms with E-state index >= 15 is 0 Å². The Morgan fingerprint density at radius 2 is 0.851 bits per heavy atom. The van der Waals surface area contributed by atoms with Gasteiger partial charge in [0.2, 0.25) is 0 Å². The van der Waals surface area contributed by atoms with Gasteiger partial charge in [-0.2, -0.15) is 0 Å². The molecule has 266 valence electrons. The molecule has 0 spiro atoms. The summed E-state index contributed by atoms with van der Waals surface area (Å²) in [7, 11) is 0. The lowest BCUT2D eigenvalue weighted by molar-refractivity contribution is -0.152. The predicted molar refractivity (Wildman–Crippen MR) is 165 cm³/mol. The van der Waals surface area contributed by atoms with Gasteiger partial charge in [0.1, 0.15) is 19.8 Å². The summed E-state index contributed by atoms with van der Waals surface area (Å²) < 4.78 is 51.4. The minimum atomic E-state index is -0.538. The van der Waals surface area contributed by atoms with Gasteiger partial charge in [-0.3, -0.25) is 14.4 Å². The molecule has 3 saturated carbocycles. The first-order valence-electron chi connectivity index (χ1n) is 17.7. The molecule has 3 aliphatic carbocycles. The first kappa shape index (κ1) is 35.0. The smallest absolute Gasteiger partial charge is 0.309 e. The lowest BCUT2D eigenvalue weighted by Gasteiger charge is -2.29. The molecule has 6 rings (SSSR count). The number of ether oxygens (including phenoxy) is 9. The number of epoxide rings is 3. The molecule has 0 aromatic rings. The van der Waals surface area contributed by atoms with Gasteiger partial charge in [-0.05, 0) is 78.6 Å². The van der Waals surface area contributed by atoms with Crippen molar-refractivity contribution >= 4 is 17.9 Å². The number of fused-ring (bicyclic) bond motifs is 3. The molecular formula is C35H54O12. The van der Waals surface area contributed by atoms with Crippen LogP contribution in [0.5, 0.6) is 0 Å². The zero-order valence-corrected chi connectivity index (χ0v) is 28.6. The lowest BCUT2D eigenvalue weighted by atomic mass is 9.83. The van der Waals surface area contributed by atoms with E-state index in [-0.39, 0.29) is 110 Å². The summed E-state index contributed by atoms with van der Waals surface area (Å²) in [6.45, 7) is 10.4. The zero-order valence-electron chi connectivity index (χ0n) is 28.6. The monoisotopic (exact) mass is 666 g/mol. The summed E-state index contributed by atoms with van der Waals surface area (Å²) in [6.07, 6.45) is 7.68. The maximum absolute atomic E-state index is 12.5. The van der Waals surface area contributed by atoms with E-state index in [1.54, 1.807) is 0 Å². The van der Waals surface area contributed by atoms with Crippen molar-refractivity contribution < 1.29 is 57.0 Å². The number of carbonyl (C=O) groups is 3. The quantitative estimate of drug-likeness (QED) is 0.0913. The van der Waals surface area contributed by atoms with E-state index in [9.17, 15) is 14.4 Å². The molecule has 0 aromatic carbocycles. The lowest BCUT2D eigenvalue weighted by Crippen LogP contribution is -2.36. The minimum absolute atomic E-state index is 0.0366. The first-order chi connectivity index (χ1) is 22.4. The van der Waals surface area contributed by atoms with Crippen LogP contribution < -0.4 is 0 Å². The summed E-state index contributed by atoms with van der Waals surface area (Å²) in [5.74, 6) is -0.930. The predicted octanol–water partition coefficient (Wildman–Crippen LogP) is 3.54. The normalized spacial score (nSPS) is 39.3. The second-order valence-electron chi connectivity index (χ2n) is 15.6. The van der Waals surface area contributed by atoms with E-state index in [1.807, 2.05) is 6.92 Å².